The van der Waals surface area contributed by atoms with Gasteiger partial charge in [0.15, 0.2) is 0 Å². The molecule has 0 atom stereocenters. The van der Waals surface area contributed by atoms with E-state index >= 15 is 0 Å². The summed E-state index contributed by atoms with van der Waals surface area (Å²) >= 11 is 3.42. The number of nitrogens with one attached hydrogen (secondary N) is 1. The van der Waals surface area contributed by atoms with Gasteiger partial charge in [-0.1, -0.05) is 15.9 Å². The molecular formula is C14H16BrFN2. The maximum Gasteiger partial charge on any atom is 0.123 e. The molecule has 1 aromatic heterocycles. The molecule has 0 aliphatic rings. The Hall–Kier alpha value is -1.13. The minimum atomic E-state index is -0.202. The number of aryl methyl sites for hydroxylation is 1. The van der Waals surface area contributed by atoms with Gasteiger partial charge in [0.05, 0.1) is 0 Å². The Balaban J connectivity index is 1.90. The van der Waals surface area contributed by atoms with Gasteiger partial charge in [0.25, 0.3) is 0 Å². The molecule has 96 valence electrons. The number of hydrogen-bond acceptors (Lipinski definition) is 1. The summed E-state index contributed by atoms with van der Waals surface area (Å²) in [5, 5.41) is 3.31. The minimum absolute atomic E-state index is 0.202. The van der Waals surface area contributed by atoms with Crippen molar-refractivity contribution in [3.05, 3.63) is 58.1 Å². The zero-order valence-corrected chi connectivity index (χ0v) is 11.9. The molecule has 0 saturated heterocycles. The molecule has 0 saturated carbocycles. The molecule has 4 heteroatoms. The minimum Gasteiger partial charge on any atom is -0.354 e. The van der Waals surface area contributed by atoms with Gasteiger partial charge in [0.2, 0.25) is 0 Å². The first-order chi connectivity index (χ1) is 8.69. The maximum absolute atomic E-state index is 13.1. The average molecular weight is 311 g/mol. The molecule has 0 amide bonds. The van der Waals surface area contributed by atoms with Gasteiger partial charge in [0, 0.05) is 36.5 Å². The van der Waals surface area contributed by atoms with E-state index in [4.69, 9.17) is 0 Å². The molecule has 2 aromatic rings. The lowest BCUT2D eigenvalue weighted by Crippen LogP contribution is -2.12. The van der Waals surface area contributed by atoms with Crippen molar-refractivity contribution in [1.82, 2.24) is 9.88 Å². The highest BCUT2D eigenvalue weighted by Crippen LogP contribution is 2.17. The van der Waals surface area contributed by atoms with Crippen LogP contribution < -0.4 is 5.32 Å². The second kappa shape index (κ2) is 6.16. The Kier molecular flexibility index (Phi) is 4.55. The zero-order valence-electron chi connectivity index (χ0n) is 10.3. The first kappa shape index (κ1) is 13.3. The molecule has 0 bridgehead atoms. The second-order valence-corrected chi connectivity index (χ2v) is 5.04. The van der Waals surface area contributed by atoms with Crippen LogP contribution in [0.3, 0.4) is 0 Å². The Labute approximate surface area is 115 Å². The number of nitrogens with zero attached hydrogens (tertiary/aromatic N) is 1. The Morgan fingerprint density at radius 1 is 1.28 bits per heavy atom. The number of benzene rings is 1. The van der Waals surface area contributed by atoms with E-state index < -0.39 is 0 Å². The van der Waals surface area contributed by atoms with E-state index in [1.54, 1.807) is 12.1 Å². The first-order valence-corrected chi connectivity index (χ1v) is 6.77. The van der Waals surface area contributed by atoms with Gasteiger partial charge in [0.1, 0.15) is 5.82 Å². The van der Waals surface area contributed by atoms with Gasteiger partial charge >= 0.3 is 0 Å². The lowest BCUT2D eigenvalue weighted by molar-refractivity contribution is 0.619. The SMILES string of the molecule is CCn1ccc(CNCc2cc(F)ccc2Br)c1. The lowest BCUT2D eigenvalue weighted by atomic mass is 10.2. The van der Waals surface area contributed by atoms with Gasteiger partial charge in [-0.05, 0) is 42.3 Å². The van der Waals surface area contributed by atoms with Crippen LogP contribution in [0.15, 0.2) is 41.1 Å². The molecule has 0 radical (unpaired) electrons. The standard InChI is InChI=1S/C14H16BrFN2/c1-2-18-6-5-11(10-18)8-17-9-12-7-13(16)3-4-14(12)15/h3-7,10,17H,2,8-9H2,1H3. The maximum atomic E-state index is 13.1. The summed E-state index contributed by atoms with van der Waals surface area (Å²) in [7, 11) is 0. The van der Waals surface area contributed by atoms with Crippen molar-refractivity contribution in [2.24, 2.45) is 0 Å². The summed E-state index contributed by atoms with van der Waals surface area (Å²) in [5.41, 5.74) is 2.18. The van der Waals surface area contributed by atoms with Crippen LogP contribution in [0.5, 0.6) is 0 Å². The molecule has 1 aromatic carbocycles. The van der Waals surface area contributed by atoms with Crippen LogP contribution in [0.1, 0.15) is 18.1 Å². The van der Waals surface area contributed by atoms with E-state index in [1.807, 2.05) is 0 Å². The fraction of sp³-hybridized carbons (Fsp3) is 0.286. The third-order valence-electron chi connectivity index (χ3n) is 2.83. The second-order valence-electron chi connectivity index (χ2n) is 4.19. The van der Waals surface area contributed by atoms with E-state index in [9.17, 15) is 4.39 Å². The fourth-order valence-electron chi connectivity index (χ4n) is 1.81. The quantitative estimate of drug-likeness (QED) is 0.891. The van der Waals surface area contributed by atoms with E-state index in [1.165, 1.54) is 11.6 Å². The fourth-order valence-corrected chi connectivity index (χ4v) is 2.20. The first-order valence-electron chi connectivity index (χ1n) is 5.98. The number of halogens is 2. The molecule has 0 aliphatic heterocycles. The molecule has 2 nitrogen and oxygen atoms in total. The van der Waals surface area contributed by atoms with Crippen molar-refractivity contribution < 1.29 is 4.39 Å². The van der Waals surface area contributed by atoms with Crippen LogP contribution in [-0.4, -0.2) is 4.57 Å². The third-order valence-corrected chi connectivity index (χ3v) is 3.60. The Morgan fingerprint density at radius 2 is 2.11 bits per heavy atom. The highest BCUT2D eigenvalue weighted by atomic mass is 79.9. The largest absolute Gasteiger partial charge is 0.354 e. The van der Waals surface area contributed by atoms with Crippen LogP contribution in [0.2, 0.25) is 0 Å². The van der Waals surface area contributed by atoms with Crippen molar-refractivity contribution in [2.75, 3.05) is 0 Å². The molecule has 2 rings (SSSR count). The third kappa shape index (κ3) is 3.43. The normalized spacial score (nSPS) is 10.8. The summed E-state index contributed by atoms with van der Waals surface area (Å²) < 4.78 is 16.2. The molecule has 1 N–H and O–H groups in total. The monoisotopic (exact) mass is 310 g/mol. The molecule has 0 aliphatic carbocycles. The lowest BCUT2D eigenvalue weighted by Gasteiger charge is -2.06. The Bertz CT molecular complexity index is 522. The average Bonchev–Trinajstić information content (AvgIpc) is 2.81. The van der Waals surface area contributed by atoms with Crippen LogP contribution in [0, 0.1) is 5.82 Å². The van der Waals surface area contributed by atoms with Crippen molar-refractivity contribution >= 4 is 15.9 Å². The van der Waals surface area contributed by atoms with E-state index in [-0.39, 0.29) is 5.82 Å². The zero-order chi connectivity index (χ0) is 13.0. The van der Waals surface area contributed by atoms with E-state index in [2.05, 4.69) is 51.2 Å². The topological polar surface area (TPSA) is 17.0 Å². The van der Waals surface area contributed by atoms with Crippen molar-refractivity contribution in [1.29, 1.82) is 0 Å². The molecule has 1 heterocycles. The van der Waals surface area contributed by atoms with Gasteiger partial charge in [-0.2, -0.15) is 0 Å². The smallest absolute Gasteiger partial charge is 0.123 e. The van der Waals surface area contributed by atoms with Gasteiger partial charge in [-0.25, -0.2) is 4.39 Å². The summed E-state index contributed by atoms with van der Waals surface area (Å²) in [6.07, 6.45) is 4.18. The highest BCUT2D eigenvalue weighted by molar-refractivity contribution is 9.10. The van der Waals surface area contributed by atoms with Crippen LogP contribution in [-0.2, 0) is 19.6 Å². The molecular weight excluding hydrogens is 295 g/mol. The van der Waals surface area contributed by atoms with E-state index in [0.29, 0.717) is 6.54 Å². The predicted octanol–water partition coefficient (Wildman–Crippen LogP) is 3.70. The highest BCUT2D eigenvalue weighted by Gasteiger charge is 2.02. The number of aromatic nitrogens is 1. The summed E-state index contributed by atoms with van der Waals surface area (Å²) in [6, 6.07) is 6.83. The van der Waals surface area contributed by atoms with Crippen molar-refractivity contribution in [2.45, 2.75) is 26.6 Å². The molecule has 0 fully saturated rings. The van der Waals surface area contributed by atoms with Crippen LogP contribution >= 0.6 is 15.9 Å². The molecule has 0 spiro atoms. The Morgan fingerprint density at radius 3 is 2.83 bits per heavy atom. The molecule has 18 heavy (non-hydrogen) atoms. The summed E-state index contributed by atoms with van der Waals surface area (Å²) in [5.74, 6) is -0.202. The predicted molar refractivity (Wildman–Crippen MR) is 74.7 cm³/mol. The van der Waals surface area contributed by atoms with Crippen molar-refractivity contribution in [3.8, 4) is 0 Å². The molecule has 0 unspecified atom stereocenters. The van der Waals surface area contributed by atoms with Gasteiger partial charge in [-0.3, -0.25) is 0 Å². The summed E-state index contributed by atoms with van der Waals surface area (Å²) in [4.78, 5) is 0. The number of rotatable bonds is 5. The van der Waals surface area contributed by atoms with E-state index in [0.717, 1.165) is 23.1 Å². The number of hydrogen-bond donors (Lipinski definition) is 1. The van der Waals surface area contributed by atoms with Gasteiger partial charge < -0.3 is 9.88 Å². The summed E-state index contributed by atoms with van der Waals surface area (Å²) in [6.45, 7) is 4.53. The van der Waals surface area contributed by atoms with Crippen LogP contribution in [0.4, 0.5) is 4.39 Å². The van der Waals surface area contributed by atoms with Crippen molar-refractivity contribution in [3.63, 3.8) is 0 Å². The van der Waals surface area contributed by atoms with Gasteiger partial charge in [-0.15, -0.1) is 0 Å². The van der Waals surface area contributed by atoms with Crippen LogP contribution in [0.25, 0.3) is 0 Å².